The molecule has 0 spiro atoms. The molecule has 4 atom stereocenters. The number of carbonyl (C=O) groups is 5. The van der Waals surface area contributed by atoms with Crippen molar-refractivity contribution in [2.45, 2.75) is 91.1 Å². The van der Waals surface area contributed by atoms with Gasteiger partial charge in [-0.1, -0.05) is 56.0 Å². The Labute approximate surface area is 267 Å². The van der Waals surface area contributed by atoms with Crippen LogP contribution in [-0.2, 0) is 35.3 Å². The predicted octanol–water partition coefficient (Wildman–Crippen LogP) is 0.651. The van der Waals surface area contributed by atoms with Crippen molar-refractivity contribution in [2.75, 3.05) is 13.1 Å². The lowest BCUT2D eigenvalue weighted by Gasteiger charge is -2.27. The SMILES string of the molecule is CC[C@H](C)[C@H](NC(=O)OC(C)(C)C)C(=O)N[C@@H](C)C(=O)NCC(=O)N[C@H](CCCN=C(N)N[N+](=O)[O-])C(=O)OCc1ccccc1. The maximum Gasteiger partial charge on any atom is 0.408 e. The first-order valence-corrected chi connectivity index (χ1v) is 14.8. The highest BCUT2D eigenvalue weighted by molar-refractivity contribution is 5.93. The van der Waals surface area contributed by atoms with Crippen LogP contribution in [0.4, 0.5) is 4.79 Å². The second-order valence-electron chi connectivity index (χ2n) is 11.4. The number of alkyl carbamates (subject to hydrolysis) is 1. The summed E-state index contributed by atoms with van der Waals surface area (Å²) in [5.74, 6) is -3.44. The van der Waals surface area contributed by atoms with Crippen LogP contribution in [0.15, 0.2) is 35.3 Å². The van der Waals surface area contributed by atoms with E-state index in [4.69, 9.17) is 15.2 Å². The standard InChI is InChI=1S/C29H46N8O9/c1-7-18(2)23(35-28(42)46-29(4,5)6)25(40)33-19(3)24(39)32-16-22(38)34-21(14-11-15-31-27(30)36-37(43)44)26(41)45-17-20-12-9-8-10-13-20/h8-10,12-13,18-19,21,23H,7,11,14-17H2,1-6H3,(H,32,39)(H,33,40)(H,34,38)(H,35,42)(H3,30,31,36)/t18-,19-,21+,23-/m0/s1. The zero-order valence-corrected chi connectivity index (χ0v) is 27.1. The molecule has 1 aromatic carbocycles. The predicted molar refractivity (Wildman–Crippen MR) is 167 cm³/mol. The number of guanidine groups is 1. The lowest BCUT2D eigenvalue weighted by Crippen LogP contribution is -2.56. The Morgan fingerprint density at radius 1 is 1.02 bits per heavy atom. The summed E-state index contributed by atoms with van der Waals surface area (Å²) >= 11 is 0. The van der Waals surface area contributed by atoms with E-state index in [0.717, 1.165) is 5.56 Å². The molecule has 1 aromatic rings. The van der Waals surface area contributed by atoms with Gasteiger partial charge in [0.05, 0.1) is 6.54 Å². The van der Waals surface area contributed by atoms with E-state index in [9.17, 15) is 34.1 Å². The fraction of sp³-hybridized carbons (Fsp3) is 0.586. The van der Waals surface area contributed by atoms with Gasteiger partial charge in [-0.15, -0.1) is 0 Å². The Morgan fingerprint density at radius 3 is 2.26 bits per heavy atom. The van der Waals surface area contributed by atoms with E-state index in [2.05, 4.69) is 26.3 Å². The van der Waals surface area contributed by atoms with E-state index in [1.807, 2.05) is 6.92 Å². The van der Waals surface area contributed by atoms with Gasteiger partial charge < -0.3 is 36.5 Å². The van der Waals surface area contributed by atoms with E-state index < -0.39 is 71.0 Å². The average molecular weight is 651 g/mol. The van der Waals surface area contributed by atoms with E-state index in [0.29, 0.717) is 6.42 Å². The van der Waals surface area contributed by atoms with Crippen LogP contribution in [0.1, 0.15) is 66.4 Å². The Balaban J connectivity index is 2.77. The Hall–Kier alpha value is -4.96. The molecular weight excluding hydrogens is 604 g/mol. The van der Waals surface area contributed by atoms with Crippen LogP contribution in [0.2, 0.25) is 0 Å². The Kier molecular flexibility index (Phi) is 16.5. The molecule has 1 rings (SSSR count). The van der Waals surface area contributed by atoms with Gasteiger partial charge in [-0.05, 0) is 52.0 Å². The molecule has 7 N–H and O–H groups in total. The summed E-state index contributed by atoms with van der Waals surface area (Å²) in [5.41, 5.74) is 7.05. The smallest absolute Gasteiger partial charge is 0.408 e. The molecule has 0 heterocycles. The van der Waals surface area contributed by atoms with Crippen molar-refractivity contribution < 1.29 is 38.5 Å². The fourth-order valence-corrected chi connectivity index (χ4v) is 3.77. The van der Waals surface area contributed by atoms with Crippen LogP contribution in [0.3, 0.4) is 0 Å². The highest BCUT2D eigenvalue weighted by Gasteiger charge is 2.30. The number of esters is 1. The van der Waals surface area contributed by atoms with E-state index in [1.54, 1.807) is 63.5 Å². The van der Waals surface area contributed by atoms with Crippen molar-refractivity contribution in [3.8, 4) is 0 Å². The number of amides is 4. The van der Waals surface area contributed by atoms with E-state index >= 15 is 0 Å². The second kappa shape index (κ2) is 19.4. The third kappa shape index (κ3) is 16.2. The molecule has 0 aromatic heterocycles. The minimum atomic E-state index is -1.12. The second-order valence-corrected chi connectivity index (χ2v) is 11.4. The third-order valence-electron chi connectivity index (χ3n) is 6.33. The van der Waals surface area contributed by atoms with Crippen LogP contribution in [-0.4, -0.2) is 77.6 Å². The van der Waals surface area contributed by atoms with Crippen LogP contribution in [0.5, 0.6) is 0 Å². The number of benzene rings is 1. The van der Waals surface area contributed by atoms with Crippen LogP contribution < -0.4 is 32.4 Å². The quantitative estimate of drug-likeness (QED) is 0.0341. The van der Waals surface area contributed by atoms with Crippen molar-refractivity contribution in [2.24, 2.45) is 16.6 Å². The number of hydrogen-bond donors (Lipinski definition) is 6. The van der Waals surface area contributed by atoms with Gasteiger partial charge in [0.2, 0.25) is 17.7 Å². The summed E-state index contributed by atoms with van der Waals surface area (Å²) in [6.45, 7) is 9.54. The summed E-state index contributed by atoms with van der Waals surface area (Å²) in [6, 6.07) is 5.70. The fourth-order valence-electron chi connectivity index (χ4n) is 3.77. The zero-order chi connectivity index (χ0) is 34.9. The molecule has 0 radical (unpaired) electrons. The number of nitrogens with one attached hydrogen (secondary N) is 5. The molecule has 0 unspecified atom stereocenters. The normalized spacial score (nSPS) is 14.0. The molecule has 0 aliphatic heterocycles. The molecule has 0 saturated carbocycles. The number of ether oxygens (including phenoxy) is 2. The number of aliphatic imine (C=N–C) groups is 1. The van der Waals surface area contributed by atoms with Gasteiger partial charge in [0, 0.05) is 6.54 Å². The van der Waals surface area contributed by atoms with Gasteiger partial charge in [-0.2, -0.15) is 0 Å². The van der Waals surface area contributed by atoms with Crippen molar-refractivity contribution >= 4 is 35.7 Å². The summed E-state index contributed by atoms with van der Waals surface area (Å²) in [7, 11) is 0. The summed E-state index contributed by atoms with van der Waals surface area (Å²) < 4.78 is 10.6. The molecule has 17 nitrogen and oxygen atoms in total. The molecular formula is C29H46N8O9. The molecule has 46 heavy (non-hydrogen) atoms. The Morgan fingerprint density at radius 2 is 1.67 bits per heavy atom. The van der Waals surface area contributed by atoms with Gasteiger partial charge in [0.25, 0.3) is 5.96 Å². The topological polar surface area (TPSA) is 245 Å². The maximum atomic E-state index is 13.0. The summed E-state index contributed by atoms with van der Waals surface area (Å²) in [5, 5.41) is 19.6. The van der Waals surface area contributed by atoms with Crippen molar-refractivity contribution in [1.82, 2.24) is 26.7 Å². The largest absolute Gasteiger partial charge is 0.459 e. The number of carbonyl (C=O) groups excluding carboxylic acids is 5. The zero-order valence-electron chi connectivity index (χ0n) is 27.1. The number of rotatable bonds is 17. The van der Waals surface area contributed by atoms with Gasteiger partial charge in [0.15, 0.2) is 5.03 Å². The van der Waals surface area contributed by atoms with E-state index in [1.165, 1.54) is 6.92 Å². The summed E-state index contributed by atoms with van der Waals surface area (Å²) in [4.78, 5) is 77.7. The molecule has 256 valence electrons. The number of nitrogens with two attached hydrogens (primary N) is 1. The monoisotopic (exact) mass is 650 g/mol. The van der Waals surface area contributed by atoms with Gasteiger partial charge >= 0.3 is 12.1 Å². The summed E-state index contributed by atoms with van der Waals surface area (Å²) in [6.07, 6.45) is 0.0350. The lowest BCUT2D eigenvalue weighted by atomic mass is 9.98. The molecule has 0 aliphatic carbocycles. The number of nitrogens with zero attached hydrogens (tertiary/aromatic N) is 2. The first-order chi connectivity index (χ1) is 21.5. The number of hydrazine groups is 1. The first kappa shape index (κ1) is 39.1. The van der Waals surface area contributed by atoms with Crippen LogP contribution in [0, 0.1) is 16.0 Å². The minimum Gasteiger partial charge on any atom is -0.459 e. The van der Waals surface area contributed by atoms with Crippen molar-refractivity contribution in [3.63, 3.8) is 0 Å². The average Bonchev–Trinajstić information content (AvgIpc) is 2.97. The maximum absolute atomic E-state index is 13.0. The molecule has 0 bridgehead atoms. The number of nitro groups is 1. The van der Waals surface area contributed by atoms with E-state index in [-0.39, 0.29) is 31.9 Å². The van der Waals surface area contributed by atoms with Gasteiger partial charge in [0.1, 0.15) is 30.3 Å². The van der Waals surface area contributed by atoms with Crippen molar-refractivity contribution in [3.05, 3.63) is 46.0 Å². The molecule has 0 aliphatic rings. The van der Waals surface area contributed by atoms with Crippen molar-refractivity contribution in [1.29, 1.82) is 0 Å². The Bertz CT molecular complexity index is 1220. The molecule has 0 fully saturated rings. The minimum absolute atomic E-state index is 0.0133. The highest BCUT2D eigenvalue weighted by Crippen LogP contribution is 2.12. The molecule has 0 saturated heterocycles. The highest BCUT2D eigenvalue weighted by atomic mass is 16.7. The third-order valence-corrected chi connectivity index (χ3v) is 6.33. The van der Waals surface area contributed by atoms with Crippen LogP contribution in [0.25, 0.3) is 0 Å². The number of hydrogen-bond acceptors (Lipinski definition) is 10. The van der Waals surface area contributed by atoms with Gasteiger partial charge in [-0.3, -0.25) is 14.4 Å². The molecule has 17 heteroatoms. The first-order valence-electron chi connectivity index (χ1n) is 14.8. The van der Waals surface area contributed by atoms with Crippen LogP contribution >= 0.6 is 0 Å². The van der Waals surface area contributed by atoms with Gasteiger partial charge in [-0.25, -0.2) is 24.7 Å². The molecule has 4 amide bonds. The lowest BCUT2D eigenvalue weighted by molar-refractivity contribution is -0.525.